The molecule has 0 aliphatic rings. The highest BCUT2D eigenvalue weighted by molar-refractivity contribution is 5.76. The molecule has 328 valence electrons. The molecule has 4 nitrogen and oxygen atoms in total. The Labute approximate surface area is 354 Å². The van der Waals surface area contributed by atoms with Crippen LogP contribution in [0.5, 0.6) is 0 Å². The first kappa shape index (κ1) is 54.6. The average Bonchev–Trinajstić information content (AvgIpc) is 3.22. The van der Waals surface area contributed by atoms with E-state index in [0.717, 1.165) is 83.5 Å². The lowest BCUT2D eigenvalue weighted by atomic mass is 10.0. The number of unbranched alkanes of at least 4 members (excludes halogenated alkanes) is 24. The second kappa shape index (κ2) is 47.9. The third-order valence-corrected chi connectivity index (χ3v) is 10.6. The van der Waals surface area contributed by atoms with E-state index in [1.807, 2.05) is 6.08 Å². The van der Waals surface area contributed by atoms with Crippen LogP contribution in [0.4, 0.5) is 0 Å². The highest BCUT2D eigenvalue weighted by Gasteiger charge is 2.17. The molecule has 0 aromatic heterocycles. The summed E-state index contributed by atoms with van der Waals surface area (Å²) < 4.78 is 0. The van der Waals surface area contributed by atoms with Gasteiger partial charge in [0.05, 0.1) is 18.8 Å². The van der Waals surface area contributed by atoms with Gasteiger partial charge in [-0.1, -0.05) is 221 Å². The second-order valence-corrected chi connectivity index (χ2v) is 16.1. The number of amides is 1. The van der Waals surface area contributed by atoms with Gasteiger partial charge in [-0.05, 0) is 83.5 Å². The van der Waals surface area contributed by atoms with Crippen LogP contribution >= 0.6 is 0 Å². The highest BCUT2D eigenvalue weighted by atomic mass is 16.3. The quantitative estimate of drug-likeness (QED) is 0.0425. The predicted molar refractivity (Wildman–Crippen MR) is 253 cm³/mol. The van der Waals surface area contributed by atoms with Gasteiger partial charge in [-0.25, -0.2) is 0 Å². The number of aliphatic hydroxyl groups excluding tert-OH is 2. The van der Waals surface area contributed by atoms with Crippen LogP contribution in [0.15, 0.2) is 85.1 Å². The van der Waals surface area contributed by atoms with Gasteiger partial charge in [0.25, 0.3) is 0 Å². The summed E-state index contributed by atoms with van der Waals surface area (Å²) >= 11 is 0. The number of nitrogens with one attached hydrogen (secondary N) is 1. The smallest absolute Gasteiger partial charge is 0.220 e. The van der Waals surface area contributed by atoms with Crippen LogP contribution in [0.1, 0.15) is 226 Å². The molecule has 0 saturated heterocycles. The highest BCUT2D eigenvalue weighted by Crippen LogP contribution is 2.15. The number of hydrogen-bond acceptors (Lipinski definition) is 3. The Hall–Kier alpha value is -2.43. The van der Waals surface area contributed by atoms with Gasteiger partial charge in [0.15, 0.2) is 0 Å². The first-order valence-corrected chi connectivity index (χ1v) is 24.3. The largest absolute Gasteiger partial charge is 0.394 e. The Morgan fingerprint density at radius 1 is 0.439 bits per heavy atom. The van der Waals surface area contributed by atoms with E-state index < -0.39 is 12.1 Å². The summed E-state index contributed by atoms with van der Waals surface area (Å²) in [4.78, 5) is 12.4. The second-order valence-electron chi connectivity index (χ2n) is 16.1. The van der Waals surface area contributed by atoms with Gasteiger partial charge in [0, 0.05) is 6.42 Å². The maximum Gasteiger partial charge on any atom is 0.220 e. The number of hydrogen-bond donors (Lipinski definition) is 3. The number of carbonyl (C=O) groups excluding carboxylic acids is 1. The van der Waals surface area contributed by atoms with E-state index in [9.17, 15) is 15.0 Å². The SMILES string of the molecule is CC/C=C\C/C=C\C/C=C\C/C=C\CCCCCCC(=O)NC(CO)C(O)/C=C/CC/C=C/CC/C=C/CCCCCCCCCCCCCCCCCCCC. The monoisotopic (exact) mass is 792 g/mol. The molecule has 0 aromatic carbocycles. The van der Waals surface area contributed by atoms with Crippen molar-refractivity contribution in [2.24, 2.45) is 0 Å². The summed E-state index contributed by atoms with van der Waals surface area (Å²) in [5.41, 5.74) is 0. The molecule has 0 fully saturated rings. The zero-order valence-corrected chi connectivity index (χ0v) is 37.6. The Balaban J connectivity index is 3.65. The van der Waals surface area contributed by atoms with Gasteiger partial charge < -0.3 is 15.5 Å². The lowest BCUT2D eigenvalue weighted by molar-refractivity contribution is -0.123. The van der Waals surface area contributed by atoms with E-state index >= 15 is 0 Å². The summed E-state index contributed by atoms with van der Waals surface area (Å²) in [5, 5.41) is 23.0. The number of carbonyl (C=O) groups is 1. The van der Waals surface area contributed by atoms with Crippen molar-refractivity contribution in [3.05, 3.63) is 85.1 Å². The van der Waals surface area contributed by atoms with Crippen LogP contribution in [0.3, 0.4) is 0 Å². The first-order valence-electron chi connectivity index (χ1n) is 24.3. The van der Waals surface area contributed by atoms with E-state index in [1.165, 1.54) is 122 Å². The van der Waals surface area contributed by atoms with E-state index in [0.29, 0.717) is 6.42 Å². The summed E-state index contributed by atoms with van der Waals surface area (Å²) in [6.45, 7) is 4.17. The minimum Gasteiger partial charge on any atom is -0.394 e. The molecule has 0 aliphatic carbocycles. The van der Waals surface area contributed by atoms with E-state index in [4.69, 9.17) is 0 Å². The molecule has 0 aromatic rings. The number of allylic oxidation sites excluding steroid dienone is 13. The van der Waals surface area contributed by atoms with Crippen molar-refractivity contribution in [3.8, 4) is 0 Å². The minimum absolute atomic E-state index is 0.104. The molecule has 2 atom stereocenters. The molecule has 1 amide bonds. The van der Waals surface area contributed by atoms with E-state index in [-0.39, 0.29) is 12.5 Å². The fraction of sp³-hybridized carbons (Fsp3) is 0.717. The number of aliphatic hydroxyl groups is 2. The molecule has 0 aliphatic heterocycles. The van der Waals surface area contributed by atoms with Crippen molar-refractivity contribution in [3.63, 3.8) is 0 Å². The molecule has 3 N–H and O–H groups in total. The van der Waals surface area contributed by atoms with Crippen molar-refractivity contribution in [1.82, 2.24) is 5.32 Å². The van der Waals surface area contributed by atoms with Gasteiger partial charge in [0.2, 0.25) is 5.91 Å². The van der Waals surface area contributed by atoms with Crippen LogP contribution in [-0.4, -0.2) is 34.9 Å². The molecule has 0 radical (unpaired) electrons. The molecule has 4 heteroatoms. The third-order valence-electron chi connectivity index (χ3n) is 10.6. The molecule has 57 heavy (non-hydrogen) atoms. The Bertz CT molecular complexity index is 1030. The molecular formula is C53H93NO3. The van der Waals surface area contributed by atoms with Crippen LogP contribution < -0.4 is 5.32 Å². The fourth-order valence-corrected chi connectivity index (χ4v) is 6.91. The Morgan fingerprint density at radius 2 is 0.789 bits per heavy atom. The minimum atomic E-state index is -0.886. The molecule has 0 rings (SSSR count). The lowest BCUT2D eigenvalue weighted by Crippen LogP contribution is -2.45. The molecule has 0 heterocycles. The molecule has 0 saturated carbocycles. The lowest BCUT2D eigenvalue weighted by Gasteiger charge is -2.19. The fourth-order valence-electron chi connectivity index (χ4n) is 6.91. The van der Waals surface area contributed by atoms with Crippen molar-refractivity contribution in [2.75, 3.05) is 6.61 Å². The third kappa shape index (κ3) is 44.5. The summed E-state index contributed by atoms with van der Waals surface area (Å²) in [6.07, 6.45) is 70.0. The van der Waals surface area contributed by atoms with Gasteiger partial charge >= 0.3 is 0 Å². The topological polar surface area (TPSA) is 69.6 Å². The van der Waals surface area contributed by atoms with E-state index in [2.05, 4.69) is 92.1 Å². The van der Waals surface area contributed by atoms with Gasteiger partial charge in [-0.15, -0.1) is 0 Å². The molecule has 0 spiro atoms. The molecular weight excluding hydrogens is 699 g/mol. The maximum atomic E-state index is 12.4. The first-order chi connectivity index (χ1) is 28.2. The normalized spacial score (nSPS) is 13.7. The van der Waals surface area contributed by atoms with Crippen LogP contribution in [-0.2, 0) is 4.79 Å². The zero-order valence-electron chi connectivity index (χ0n) is 37.6. The zero-order chi connectivity index (χ0) is 41.4. The van der Waals surface area contributed by atoms with E-state index in [1.54, 1.807) is 6.08 Å². The average molecular weight is 792 g/mol. The van der Waals surface area contributed by atoms with Crippen LogP contribution in [0, 0.1) is 0 Å². The summed E-state index contributed by atoms with van der Waals surface area (Å²) in [5.74, 6) is -0.104. The van der Waals surface area contributed by atoms with Crippen molar-refractivity contribution >= 4 is 5.91 Å². The van der Waals surface area contributed by atoms with Crippen LogP contribution in [0.2, 0.25) is 0 Å². The molecule has 2 unspecified atom stereocenters. The Kier molecular flexibility index (Phi) is 45.9. The predicted octanol–water partition coefficient (Wildman–Crippen LogP) is 15.6. The van der Waals surface area contributed by atoms with Crippen molar-refractivity contribution in [2.45, 2.75) is 238 Å². The van der Waals surface area contributed by atoms with Crippen molar-refractivity contribution < 1.29 is 15.0 Å². The maximum absolute atomic E-state index is 12.4. The van der Waals surface area contributed by atoms with Gasteiger partial charge in [0.1, 0.15) is 0 Å². The Morgan fingerprint density at radius 3 is 1.23 bits per heavy atom. The van der Waals surface area contributed by atoms with Gasteiger partial charge in [-0.2, -0.15) is 0 Å². The van der Waals surface area contributed by atoms with Crippen molar-refractivity contribution in [1.29, 1.82) is 0 Å². The van der Waals surface area contributed by atoms with Crippen LogP contribution in [0.25, 0.3) is 0 Å². The summed E-state index contributed by atoms with van der Waals surface area (Å²) in [6, 6.07) is -0.664. The molecule has 0 bridgehead atoms. The standard InChI is InChI=1S/C53H93NO3/c1-3-5-7-9-11-13-15-17-19-21-22-23-24-25-26-27-28-29-30-31-33-34-36-38-40-42-44-46-48-52(56)51(50-55)54-53(57)49-47-45-43-41-39-37-35-32-20-18-16-14-12-10-8-6-4-2/h6,8,12,14,18,20,31,33,35,37-38,40,46,48,51-52,55-56H,3-5,7,9-11,13,15-17,19,21-30,32,34,36,39,41-45,47,49-50H2,1-2H3,(H,54,57)/b8-6-,14-12-,20-18-,33-31+,37-35-,40-38+,48-46+. The summed E-state index contributed by atoms with van der Waals surface area (Å²) in [7, 11) is 0. The number of rotatable bonds is 43. The van der Waals surface area contributed by atoms with Gasteiger partial charge in [-0.3, -0.25) is 4.79 Å².